The van der Waals surface area contributed by atoms with Crippen LogP contribution in [0, 0.1) is 0 Å². The lowest BCUT2D eigenvalue weighted by Gasteiger charge is -2.31. The van der Waals surface area contributed by atoms with Crippen molar-refractivity contribution < 1.29 is 9.59 Å². The monoisotopic (exact) mass is 572 g/mol. The number of hydrogen-bond acceptors (Lipinski definition) is 3. The molecule has 3 rings (SSSR count). The minimum atomic E-state index is -0.609. The van der Waals surface area contributed by atoms with Gasteiger partial charge in [-0.1, -0.05) is 89.1 Å². The number of rotatable bonds is 12. The van der Waals surface area contributed by atoms with Gasteiger partial charge < -0.3 is 10.2 Å². The number of carbonyl (C=O) groups excluding carboxylic acids is 2. The first-order valence-corrected chi connectivity index (χ1v) is 14.0. The van der Waals surface area contributed by atoms with Crippen molar-refractivity contribution in [2.24, 2.45) is 0 Å². The fourth-order valence-electron chi connectivity index (χ4n) is 3.72. The Bertz CT molecular complexity index is 1110. The number of halogens is 2. The van der Waals surface area contributed by atoms with Gasteiger partial charge in [0.1, 0.15) is 6.04 Å². The molecule has 184 valence electrons. The summed E-state index contributed by atoms with van der Waals surface area (Å²) in [5.41, 5.74) is 3.05. The third kappa shape index (κ3) is 9.02. The fraction of sp³-hybridized carbons (Fsp3) is 0.286. The highest BCUT2D eigenvalue weighted by Crippen LogP contribution is 2.21. The molecule has 0 aliphatic rings. The molecule has 4 nitrogen and oxygen atoms in total. The van der Waals surface area contributed by atoms with Crippen molar-refractivity contribution in [3.8, 4) is 0 Å². The standard InChI is InChI=1S/C28H30BrClN2O2S/c1-2-14-31-28(34)26(17-21-8-4-3-5-9-21)32(18-22-10-6-12-24(29)15-22)27(33)20-35-19-23-11-7-13-25(30)16-23/h3-13,15-16,26H,2,14,17-20H2,1H3,(H,31,34)/t26-/m0/s1. The normalized spacial score (nSPS) is 11.6. The molecule has 3 aromatic carbocycles. The van der Waals surface area contributed by atoms with Gasteiger partial charge in [0.2, 0.25) is 11.8 Å². The summed E-state index contributed by atoms with van der Waals surface area (Å²) < 4.78 is 0.938. The SMILES string of the molecule is CCCNC(=O)[C@H](Cc1ccccc1)N(Cc1cccc(Br)c1)C(=O)CSCc1cccc(Cl)c1. The molecule has 2 amide bonds. The Balaban J connectivity index is 1.83. The molecule has 0 bridgehead atoms. The molecule has 0 aromatic heterocycles. The maximum atomic E-state index is 13.6. The van der Waals surface area contributed by atoms with Crippen molar-refractivity contribution in [2.75, 3.05) is 12.3 Å². The van der Waals surface area contributed by atoms with Crippen molar-refractivity contribution in [3.05, 3.63) is 105 Å². The molecule has 1 atom stereocenters. The van der Waals surface area contributed by atoms with Gasteiger partial charge in [-0.2, -0.15) is 0 Å². The average Bonchev–Trinajstić information content (AvgIpc) is 2.85. The Labute approximate surface area is 225 Å². The zero-order valence-corrected chi connectivity index (χ0v) is 22.9. The van der Waals surface area contributed by atoms with E-state index in [1.165, 1.54) is 11.8 Å². The van der Waals surface area contributed by atoms with Gasteiger partial charge in [-0.15, -0.1) is 11.8 Å². The van der Waals surface area contributed by atoms with Crippen molar-refractivity contribution in [2.45, 2.75) is 38.1 Å². The second-order valence-electron chi connectivity index (χ2n) is 8.27. The zero-order chi connectivity index (χ0) is 25.0. The van der Waals surface area contributed by atoms with Crippen molar-refractivity contribution >= 4 is 51.1 Å². The van der Waals surface area contributed by atoms with E-state index in [9.17, 15) is 9.59 Å². The number of nitrogens with zero attached hydrogens (tertiary/aromatic N) is 1. The molecule has 0 aliphatic heterocycles. The van der Waals surface area contributed by atoms with Gasteiger partial charge >= 0.3 is 0 Å². The Morgan fingerprint density at radius 1 is 0.971 bits per heavy atom. The summed E-state index contributed by atoms with van der Waals surface area (Å²) >= 11 is 11.1. The molecule has 0 fully saturated rings. The Kier molecular flexibility index (Phi) is 11.2. The highest BCUT2D eigenvalue weighted by atomic mass is 79.9. The highest BCUT2D eigenvalue weighted by molar-refractivity contribution is 9.10. The van der Waals surface area contributed by atoms with Crippen LogP contribution in [0.1, 0.15) is 30.0 Å². The van der Waals surface area contributed by atoms with Crippen LogP contribution in [0.3, 0.4) is 0 Å². The number of benzene rings is 3. The lowest BCUT2D eigenvalue weighted by atomic mass is 10.0. The Morgan fingerprint density at radius 2 is 1.69 bits per heavy atom. The van der Waals surface area contributed by atoms with Crippen LogP contribution in [0.5, 0.6) is 0 Å². The number of nitrogens with one attached hydrogen (secondary N) is 1. The van der Waals surface area contributed by atoms with E-state index in [0.717, 1.165) is 27.6 Å². The van der Waals surface area contributed by atoms with Crippen LogP contribution >= 0.6 is 39.3 Å². The second-order valence-corrected chi connectivity index (χ2v) is 10.6. The average molecular weight is 574 g/mol. The lowest BCUT2D eigenvalue weighted by molar-refractivity contribution is -0.139. The summed E-state index contributed by atoms with van der Waals surface area (Å²) in [5, 5.41) is 3.69. The largest absolute Gasteiger partial charge is 0.354 e. The third-order valence-electron chi connectivity index (χ3n) is 5.45. The quantitative estimate of drug-likeness (QED) is 0.269. The number of thioether (sulfide) groups is 1. The predicted octanol–water partition coefficient (Wildman–Crippen LogP) is 6.50. The van der Waals surface area contributed by atoms with E-state index in [-0.39, 0.29) is 17.6 Å². The summed E-state index contributed by atoms with van der Waals surface area (Å²) in [6.07, 6.45) is 1.29. The van der Waals surface area contributed by atoms with Gasteiger partial charge in [0, 0.05) is 34.8 Å². The molecule has 0 radical (unpaired) electrons. The molecule has 0 heterocycles. The van der Waals surface area contributed by atoms with Crippen LogP contribution in [0.4, 0.5) is 0 Å². The van der Waals surface area contributed by atoms with E-state index < -0.39 is 6.04 Å². The predicted molar refractivity (Wildman–Crippen MR) is 150 cm³/mol. The Hall–Kier alpha value is -2.28. The van der Waals surface area contributed by atoms with Gasteiger partial charge in [-0.05, 0) is 47.4 Å². The van der Waals surface area contributed by atoms with Crippen LogP contribution in [-0.2, 0) is 28.3 Å². The van der Waals surface area contributed by atoms with Gasteiger partial charge in [0.05, 0.1) is 5.75 Å². The first-order valence-electron chi connectivity index (χ1n) is 11.6. The van der Waals surface area contributed by atoms with Crippen LogP contribution < -0.4 is 5.32 Å². The highest BCUT2D eigenvalue weighted by Gasteiger charge is 2.30. The van der Waals surface area contributed by atoms with Gasteiger partial charge in [0.15, 0.2) is 0 Å². The van der Waals surface area contributed by atoms with E-state index in [1.807, 2.05) is 85.8 Å². The molecule has 0 saturated carbocycles. The first-order chi connectivity index (χ1) is 17.0. The van der Waals surface area contributed by atoms with E-state index in [4.69, 9.17) is 11.6 Å². The van der Waals surface area contributed by atoms with Crippen molar-refractivity contribution in [1.29, 1.82) is 0 Å². The molecule has 0 unspecified atom stereocenters. The molecule has 0 spiro atoms. The zero-order valence-electron chi connectivity index (χ0n) is 19.8. The van der Waals surface area contributed by atoms with Gasteiger partial charge in [0.25, 0.3) is 0 Å². The van der Waals surface area contributed by atoms with E-state index in [2.05, 4.69) is 21.2 Å². The molecule has 1 N–H and O–H groups in total. The minimum absolute atomic E-state index is 0.0652. The van der Waals surface area contributed by atoms with E-state index in [0.29, 0.717) is 30.3 Å². The lowest BCUT2D eigenvalue weighted by Crippen LogP contribution is -2.51. The van der Waals surface area contributed by atoms with Crippen LogP contribution in [0.15, 0.2) is 83.3 Å². The molecule has 0 saturated heterocycles. The first kappa shape index (κ1) is 27.3. The topological polar surface area (TPSA) is 49.4 Å². The number of hydrogen-bond donors (Lipinski definition) is 1. The molecule has 3 aromatic rings. The summed E-state index contributed by atoms with van der Waals surface area (Å²) in [4.78, 5) is 28.6. The van der Waals surface area contributed by atoms with Crippen LogP contribution in [0.2, 0.25) is 5.02 Å². The van der Waals surface area contributed by atoms with Crippen molar-refractivity contribution in [3.63, 3.8) is 0 Å². The Morgan fingerprint density at radius 3 is 2.40 bits per heavy atom. The summed E-state index contributed by atoms with van der Waals surface area (Å²) in [7, 11) is 0. The summed E-state index contributed by atoms with van der Waals surface area (Å²) in [6, 6.07) is 24.8. The van der Waals surface area contributed by atoms with Gasteiger partial charge in [-0.25, -0.2) is 0 Å². The molecule has 35 heavy (non-hydrogen) atoms. The second kappa shape index (κ2) is 14.3. The minimum Gasteiger partial charge on any atom is -0.354 e. The van der Waals surface area contributed by atoms with Gasteiger partial charge in [-0.3, -0.25) is 9.59 Å². The maximum Gasteiger partial charge on any atom is 0.243 e. The summed E-state index contributed by atoms with van der Waals surface area (Å²) in [6.45, 7) is 2.95. The van der Waals surface area contributed by atoms with Crippen molar-refractivity contribution in [1.82, 2.24) is 10.2 Å². The van der Waals surface area contributed by atoms with Crippen LogP contribution in [-0.4, -0.2) is 35.1 Å². The maximum absolute atomic E-state index is 13.6. The third-order valence-corrected chi connectivity index (χ3v) is 7.16. The van der Waals surface area contributed by atoms with E-state index >= 15 is 0 Å². The molecule has 7 heteroatoms. The molecular formula is C28H30BrClN2O2S. The fourth-order valence-corrected chi connectivity index (χ4v) is 5.24. The summed E-state index contributed by atoms with van der Waals surface area (Å²) in [5.74, 6) is 0.749. The molecular weight excluding hydrogens is 544 g/mol. The number of amides is 2. The van der Waals surface area contributed by atoms with Crippen LogP contribution in [0.25, 0.3) is 0 Å². The molecule has 0 aliphatic carbocycles. The van der Waals surface area contributed by atoms with E-state index in [1.54, 1.807) is 4.90 Å². The smallest absolute Gasteiger partial charge is 0.243 e. The number of carbonyl (C=O) groups is 2.